The second-order valence-electron chi connectivity index (χ2n) is 8.38. The second-order valence-corrected chi connectivity index (χ2v) is 11.2. The molecule has 0 aliphatic heterocycles. The lowest BCUT2D eigenvalue weighted by molar-refractivity contribution is -0.105. The van der Waals surface area contributed by atoms with Crippen LogP contribution in [0.5, 0.6) is 0 Å². The van der Waals surface area contributed by atoms with Gasteiger partial charge in [-0.25, -0.2) is 9.97 Å². The van der Waals surface area contributed by atoms with Crippen molar-refractivity contribution in [3.8, 4) is 22.5 Å². The van der Waals surface area contributed by atoms with E-state index in [1.807, 2.05) is 48.5 Å². The summed E-state index contributed by atoms with van der Waals surface area (Å²) >= 11 is 0. The standard InChI is InChI=1S/C28H26N6O2S/c1-29-37(36,15-14-35)23-16-21(17-30-19-23)27-33-25-12-7-11-24(20-8-3-2-4-9-20)26(25)28(34-27)32-18-22-10-5-6-13-31-22/h2-14,16-17,19,37H,15,18H2,1H3,(H,29,36)(H,32,33,34). The van der Waals surface area contributed by atoms with E-state index in [2.05, 4.69) is 38.2 Å². The molecule has 0 spiro atoms. The van der Waals surface area contributed by atoms with Gasteiger partial charge in [0, 0.05) is 29.0 Å². The Hall–Kier alpha value is -4.34. The van der Waals surface area contributed by atoms with Crippen LogP contribution in [0, 0.1) is 0 Å². The number of rotatable bonds is 9. The van der Waals surface area contributed by atoms with Gasteiger partial charge in [0.05, 0.1) is 28.9 Å². The molecule has 0 amide bonds. The number of carbonyl (C=O) groups excluding carboxylic acids is 1. The van der Waals surface area contributed by atoms with Gasteiger partial charge in [0.1, 0.15) is 12.1 Å². The van der Waals surface area contributed by atoms with Crippen LogP contribution in [-0.4, -0.2) is 43.2 Å². The van der Waals surface area contributed by atoms with Gasteiger partial charge in [-0.1, -0.05) is 48.5 Å². The summed E-state index contributed by atoms with van der Waals surface area (Å²) in [6.45, 7) is 0.474. The largest absolute Gasteiger partial charge is 0.364 e. The monoisotopic (exact) mass is 510 g/mol. The maximum atomic E-state index is 13.3. The number of fused-ring (bicyclic) bond motifs is 1. The van der Waals surface area contributed by atoms with Crippen LogP contribution in [0.25, 0.3) is 33.4 Å². The minimum atomic E-state index is -3.12. The fourth-order valence-corrected chi connectivity index (χ4v) is 5.62. The van der Waals surface area contributed by atoms with Crippen LogP contribution < -0.4 is 10.0 Å². The molecular formula is C28H26N6O2S. The molecule has 2 aromatic carbocycles. The highest BCUT2D eigenvalue weighted by molar-refractivity contribution is 8.01. The van der Waals surface area contributed by atoms with Gasteiger partial charge in [0.25, 0.3) is 0 Å². The highest BCUT2D eigenvalue weighted by atomic mass is 32.3. The molecule has 5 aromatic rings. The van der Waals surface area contributed by atoms with Crippen molar-refractivity contribution in [3.05, 3.63) is 97.1 Å². The number of pyridine rings is 2. The molecule has 186 valence electrons. The van der Waals surface area contributed by atoms with Gasteiger partial charge in [-0.05, 0) is 52.6 Å². The highest BCUT2D eigenvalue weighted by Crippen LogP contribution is 2.34. The molecule has 0 bridgehead atoms. The smallest absolute Gasteiger partial charge is 0.163 e. The molecule has 37 heavy (non-hydrogen) atoms. The van der Waals surface area contributed by atoms with E-state index in [1.54, 1.807) is 25.5 Å². The van der Waals surface area contributed by atoms with E-state index in [9.17, 15) is 9.00 Å². The molecule has 5 rings (SSSR count). The van der Waals surface area contributed by atoms with Crippen LogP contribution in [0.15, 0.2) is 96.3 Å². The summed E-state index contributed by atoms with van der Waals surface area (Å²) in [7, 11) is -1.54. The van der Waals surface area contributed by atoms with Crippen molar-refractivity contribution in [2.24, 2.45) is 0 Å². The van der Waals surface area contributed by atoms with Gasteiger partial charge in [0.15, 0.2) is 5.82 Å². The average molecular weight is 511 g/mol. The lowest BCUT2D eigenvalue weighted by atomic mass is 10.0. The number of hydrogen-bond acceptors (Lipinski definition) is 7. The van der Waals surface area contributed by atoms with Gasteiger partial charge in [0.2, 0.25) is 0 Å². The first kappa shape index (κ1) is 24.4. The van der Waals surface area contributed by atoms with Gasteiger partial charge in [-0.2, -0.15) is 0 Å². The van der Waals surface area contributed by atoms with Gasteiger partial charge < -0.3 is 10.1 Å². The van der Waals surface area contributed by atoms with Gasteiger partial charge in [-0.15, -0.1) is 0 Å². The Morgan fingerprint density at radius 1 is 0.919 bits per heavy atom. The second kappa shape index (κ2) is 10.7. The molecule has 0 saturated heterocycles. The number of hydrogen-bond donors (Lipinski definition) is 3. The number of carbonyl (C=O) groups is 1. The van der Waals surface area contributed by atoms with Crippen molar-refractivity contribution in [2.75, 3.05) is 18.1 Å². The van der Waals surface area contributed by atoms with Crippen molar-refractivity contribution < 1.29 is 9.00 Å². The fraction of sp³-hybridized carbons (Fsp3) is 0.107. The Balaban J connectivity index is 1.66. The van der Waals surface area contributed by atoms with E-state index in [4.69, 9.17) is 9.97 Å². The van der Waals surface area contributed by atoms with E-state index >= 15 is 0 Å². The normalized spacial score (nSPS) is 11.8. The summed E-state index contributed by atoms with van der Waals surface area (Å²) in [5, 5.41) is 4.34. The quantitative estimate of drug-likeness (QED) is 0.203. The number of thiol groups is 1. The van der Waals surface area contributed by atoms with Crippen molar-refractivity contribution in [1.29, 1.82) is 0 Å². The van der Waals surface area contributed by atoms with Crippen molar-refractivity contribution in [1.82, 2.24) is 24.7 Å². The number of anilines is 1. The number of aldehydes is 1. The summed E-state index contributed by atoms with van der Waals surface area (Å²) in [6, 6.07) is 23.6. The lowest BCUT2D eigenvalue weighted by Crippen LogP contribution is -2.32. The van der Waals surface area contributed by atoms with E-state index in [0.717, 1.165) is 27.7 Å². The first-order chi connectivity index (χ1) is 18.1. The molecule has 3 heterocycles. The van der Waals surface area contributed by atoms with Crippen LogP contribution in [0.1, 0.15) is 5.69 Å². The van der Waals surface area contributed by atoms with Crippen molar-refractivity contribution >= 4 is 33.1 Å². The first-order valence-electron chi connectivity index (χ1n) is 11.8. The Labute approximate surface area is 215 Å². The molecule has 3 aromatic heterocycles. The minimum Gasteiger partial charge on any atom is -0.364 e. The highest BCUT2D eigenvalue weighted by Gasteiger charge is 2.19. The van der Waals surface area contributed by atoms with E-state index in [-0.39, 0.29) is 5.75 Å². The molecule has 0 saturated carbocycles. The van der Waals surface area contributed by atoms with Crippen molar-refractivity contribution in [2.45, 2.75) is 11.4 Å². The molecule has 0 aliphatic carbocycles. The third-order valence-electron chi connectivity index (χ3n) is 6.06. The van der Waals surface area contributed by atoms with Crippen LogP contribution in [-0.2, 0) is 21.5 Å². The van der Waals surface area contributed by atoms with E-state index in [0.29, 0.717) is 34.9 Å². The number of nitrogens with zero attached hydrogens (tertiary/aromatic N) is 4. The molecule has 2 N–H and O–H groups in total. The van der Waals surface area contributed by atoms with Gasteiger partial charge in [-0.3, -0.25) is 18.9 Å². The summed E-state index contributed by atoms with van der Waals surface area (Å²) in [4.78, 5) is 30.1. The zero-order valence-electron chi connectivity index (χ0n) is 20.2. The molecule has 0 radical (unpaired) electrons. The van der Waals surface area contributed by atoms with Gasteiger partial charge >= 0.3 is 0 Å². The molecule has 9 heteroatoms. The third kappa shape index (κ3) is 5.13. The van der Waals surface area contributed by atoms with Crippen LogP contribution in [0.3, 0.4) is 0 Å². The molecule has 0 fully saturated rings. The summed E-state index contributed by atoms with van der Waals surface area (Å²) in [5.74, 6) is 0.967. The number of benzene rings is 2. The topological polar surface area (TPSA) is 110 Å². The van der Waals surface area contributed by atoms with E-state index < -0.39 is 10.1 Å². The average Bonchev–Trinajstić information content (AvgIpc) is 2.96. The molecule has 0 atom stereocenters. The Bertz CT molecular complexity index is 1600. The predicted octanol–water partition coefficient (Wildman–Crippen LogP) is 4.07. The lowest BCUT2D eigenvalue weighted by Gasteiger charge is -2.21. The summed E-state index contributed by atoms with van der Waals surface area (Å²) < 4.78 is 16.1. The number of nitrogens with one attached hydrogen (secondary N) is 2. The Kier molecular flexibility index (Phi) is 7.07. The Morgan fingerprint density at radius 3 is 2.51 bits per heavy atom. The van der Waals surface area contributed by atoms with E-state index in [1.165, 1.54) is 6.20 Å². The third-order valence-corrected chi connectivity index (χ3v) is 8.53. The van der Waals surface area contributed by atoms with Crippen molar-refractivity contribution in [3.63, 3.8) is 0 Å². The molecule has 0 unspecified atom stereocenters. The summed E-state index contributed by atoms with van der Waals surface area (Å²) in [5.41, 5.74) is 4.29. The maximum absolute atomic E-state index is 13.3. The maximum Gasteiger partial charge on any atom is 0.163 e. The fourth-order valence-electron chi connectivity index (χ4n) is 4.15. The zero-order valence-corrected chi connectivity index (χ0v) is 21.1. The molecule has 8 nitrogen and oxygen atoms in total. The number of aromatic nitrogens is 4. The minimum absolute atomic E-state index is 0.121. The van der Waals surface area contributed by atoms with Crippen LogP contribution in [0.2, 0.25) is 0 Å². The Morgan fingerprint density at radius 2 is 1.76 bits per heavy atom. The van der Waals surface area contributed by atoms with Crippen LogP contribution in [0.4, 0.5) is 5.82 Å². The predicted molar refractivity (Wildman–Crippen MR) is 148 cm³/mol. The summed E-state index contributed by atoms with van der Waals surface area (Å²) in [6.07, 6.45) is 5.56. The molecular weight excluding hydrogens is 484 g/mol. The van der Waals surface area contributed by atoms with Crippen LogP contribution >= 0.6 is 0 Å². The zero-order chi connectivity index (χ0) is 25.7. The SMILES string of the molecule is CN[SH](=O)(CC=O)c1cncc(-c2nc(NCc3ccccn3)c3c(-c4ccccc4)cccc3n2)c1. The first-order valence-corrected chi connectivity index (χ1v) is 13.7. The molecule has 0 aliphatic rings.